The monoisotopic (exact) mass is 226 g/mol. The summed E-state index contributed by atoms with van der Waals surface area (Å²) in [7, 11) is -2.67. The second kappa shape index (κ2) is 3.93. The average Bonchev–Trinajstić information content (AvgIpc) is 2.00. The lowest BCUT2D eigenvalue weighted by Gasteiger charge is -2.17. The zero-order chi connectivity index (χ0) is 11.7. The van der Waals surface area contributed by atoms with E-state index in [2.05, 4.69) is 25.8 Å². The lowest BCUT2D eigenvalue weighted by atomic mass is 9.89. The molecule has 0 spiro atoms. The van der Waals surface area contributed by atoms with Gasteiger partial charge in [0.2, 0.25) is 0 Å². The molecule has 0 aliphatic heterocycles. The summed E-state index contributed by atoms with van der Waals surface area (Å²) in [5.41, 5.74) is 1.34. The van der Waals surface area contributed by atoms with E-state index >= 15 is 0 Å². The Hall–Kier alpha value is -0.900. The maximum Gasteiger partial charge on any atom is 0.135 e. The van der Waals surface area contributed by atoms with E-state index in [1.165, 1.54) is 6.26 Å². The molecule has 0 aliphatic rings. The highest BCUT2D eigenvalue weighted by Crippen LogP contribution is 2.20. The lowest BCUT2D eigenvalue weighted by Crippen LogP contribution is -2.09. The van der Waals surface area contributed by atoms with Gasteiger partial charge in [0.15, 0.2) is 0 Å². The summed E-state index contributed by atoms with van der Waals surface area (Å²) in [5, 5.41) is 0.361. The molecule has 1 unspecified atom stereocenters. The van der Waals surface area contributed by atoms with Crippen LogP contribution in [-0.2, 0) is 16.1 Å². The standard InChI is InChI=1S/C11H18N2OS/c1-11(2,3)7-9-5-6-10(13-8-9)15(4,12)14/h5-6,8,12H,7H2,1-4H3. The molecule has 0 fully saturated rings. The van der Waals surface area contributed by atoms with Crippen molar-refractivity contribution < 1.29 is 4.21 Å². The molecule has 1 aromatic heterocycles. The van der Waals surface area contributed by atoms with Gasteiger partial charge in [-0.3, -0.25) is 0 Å². The molecule has 0 bridgehead atoms. The van der Waals surface area contributed by atoms with Crippen molar-refractivity contribution in [3.63, 3.8) is 0 Å². The number of rotatable bonds is 2. The van der Waals surface area contributed by atoms with Crippen molar-refractivity contribution in [2.24, 2.45) is 5.41 Å². The number of hydrogen-bond donors (Lipinski definition) is 1. The fourth-order valence-corrected chi connectivity index (χ4v) is 1.94. The molecule has 0 aromatic carbocycles. The molecule has 84 valence electrons. The maximum atomic E-state index is 11.4. The Morgan fingerprint density at radius 2 is 2.00 bits per heavy atom. The third kappa shape index (κ3) is 4.00. The second-order valence-electron chi connectivity index (χ2n) is 5.09. The van der Waals surface area contributed by atoms with Crippen molar-refractivity contribution in [1.29, 1.82) is 4.78 Å². The van der Waals surface area contributed by atoms with E-state index in [1.807, 2.05) is 6.07 Å². The number of pyridine rings is 1. The average molecular weight is 226 g/mol. The fourth-order valence-electron chi connectivity index (χ4n) is 1.36. The highest BCUT2D eigenvalue weighted by Gasteiger charge is 2.12. The van der Waals surface area contributed by atoms with Crippen LogP contribution in [0.2, 0.25) is 0 Å². The van der Waals surface area contributed by atoms with E-state index in [1.54, 1.807) is 12.3 Å². The largest absolute Gasteiger partial charge is 0.248 e. The number of nitrogens with zero attached hydrogens (tertiary/aromatic N) is 1. The lowest BCUT2D eigenvalue weighted by molar-refractivity contribution is 0.410. The van der Waals surface area contributed by atoms with Crippen molar-refractivity contribution in [2.45, 2.75) is 32.2 Å². The topological polar surface area (TPSA) is 53.8 Å². The van der Waals surface area contributed by atoms with Gasteiger partial charge in [-0.2, -0.15) is 0 Å². The van der Waals surface area contributed by atoms with Crippen LogP contribution in [0.4, 0.5) is 0 Å². The van der Waals surface area contributed by atoms with Crippen LogP contribution in [0.3, 0.4) is 0 Å². The predicted molar refractivity (Wildman–Crippen MR) is 62.4 cm³/mol. The fraction of sp³-hybridized carbons (Fsp3) is 0.545. The Kier molecular flexibility index (Phi) is 3.19. The van der Waals surface area contributed by atoms with Crippen molar-refractivity contribution in [3.05, 3.63) is 23.9 Å². The van der Waals surface area contributed by atoms with E-state index < -0.39 is 9.73 Å². The van der Waals surface area contributed by atoms with Crippen molar-refractivity contribution in [2.75, 3.05) is 6.26 Å². The van der Waals surface area contributed by atoms with Gasteiger partial charge >= 0.3 is 0 Å². The van der Waals surface area contributed by atoms with Crippen LogP contribution in [0.5, 0.6) is 0 Å². The van der Waals surface area contributed by atoms with Gasteiger partial charge in [0.05, 0.1) is 9.73 Å². The SMILES string of the molecule is CC(C)(C)Cc1ccc(S(C)(=N)=O)nc1. The Balaban J connectivity index is 2.92. The molecule has 4 heteroatoms. The molecule has 0 saturated heterocycles. The first-order chi connectivity index (χ1) is 6.68. The molecule has 3 nitrogen and oxygen atoms in total. The van der Waals surface area contributed by atoms with Gasteiger partial charge in [-0.25, -0.2) is 14.0 Å². The van der Waals surface area contributed by atoms with Gasteiger partial charge < -0.3 is 0 Å². The number of aromatic nitrogens is 1. The Morgan fingerprint density at radius 3 is 2.33 bits per heavy atom. The molecule has 0 radical (unpaired) electrons. The highest BCUT2D eigenvalue weighted by molar-refractivity contribution is 7.91. The molecule has 1 N–H and O–H groups in total. The molecular formula is C11H18N2OS. The van der Waals surface area contributed by atoms with E-state index in [0.717, 1.165) is 12.0 Å². The third-order valence-corrected chi connectivity index (χ3v) is 2.97. The van der Waals surface area contributed by atoms with Crippen LogP contribution in [-0.4, -0.2) is 15.4 Å². The molecule has 0 saturated carbocycles. The van der Waals surface area contributed by atoms with E-state index in [9.17, 15) is 4.21 Å². The second-order valence-corrected chi connectivity index (χ2v) is 7.19. The number of nitrogens with one attached hydrogen (secondary N) is 1. The van der Waals surface area contributed by atoms with Crippen LogP contribution < -0.4 is 0 Å². The van der Waals surface area contributed by atoms with Gasteiger partial charge in [-0.05, 0) is 23.5 Å². The minimum atomic E-state index is -2.67. The summed E-state index contributed by atoms with van der Waals surface area (Å²) in [4.78, 5) is 4.07. The minimum absolute atomic E-state index is 0.220. The highest BCUT2D eigenvalue weighted by atomic mass is 32.2. The maximum absolute atomic E-state index is 11.4. The van der Waals surface area contributed by atoms with Crippen LogP contribution in [0.25, 0.3) is 0 Å². The summed E-state index contributed by atoms with van der Waals surface area (Å²) in [6.45, 7) is 6.48. The van der Waals surface area contributed by atoms with Gasteiger partial charge in [0, 0.05) is 12.5 Å². The number of hydrogen-bond acceptors (Lipinski definition) is 3. The summed E-state index contributed by atoms with van der Waals surface area (Å²) in [6, 6.07) is 3.60. The van der Waals surface area contributed by atoms with Gasteiger partial charge in [-0.15, -0.1) is 0 Å². The Bertz CT molecular complexity index is 427. The van der Waals surface area contributed by atoms with Crippen LogP contribution in [0.15, 0.2) is 23.4 Å². The quantitative estimate of drug-likeness (QED) is 0.843. The van der Waals surface area contributed by atoms with Gasteiger partial charge in [0.25, 0.3) is 0 Å². The van der Waals surface area contributed by atoms with Gasteiger partial charge in [-0.1, -0.05) is 26.8 Å². The molecule has 15 heavy (non-hydrogen) atoms. The van der Waals surface area contributed by atoms with E-state index in [-0.39, 0.29) is 5.41 Å². The Labute approximate surface area is 91.9 Å². The first-order valence-electron chi connectivity index (χ1n) is 4.87. The summed E-state index contributed by atoms with van der Waals surface area (Å²) in [5.74, 6) is 0. The molecule has 1 aromatic rings. The minimum Gasteiger partial charge on any atom is -0.248 e. The van der Waals surface area contributed by atoms with Crippen molar-refractivity contribution >= 4 is 9.73 Å². The molecule has 1 atom stereocenters. The zero-order valence-electron chi connectivity index (χ0n) is 9.70. The van der Waals surface area contributed by atoms with Crippen molar-refractivity contribution in [3.8, 4) is 0 Å². The third-order valence-electron chi connectivity index (χ3n) is 1.93. The summed E-state index contributed by atoms with van der Waals surface area (Å²) >= 11 is 0. The van der Waals surface area contributed by atoms with Crippen LogP contribution >= 0.6 is 0 Å². The van der Waals surface area contributed by atoms with E-state index in [0.29, 0.717) is 5.03 Å². The normalized spacial score (nSPS) is 16.0. The summed E-state index contributed by atoms with van der Waals surface area (Å²) < 4.78 is 18.8. The zero-order valence-corrected chi connectivity index (χ0v) is 10.5. The molecule has 1 rings (SSSR count). The van der Waals surface area contributed by atoms with Gasteiger partial charge in [0.1, 0.15) is 5.03 Å². The first-order valence-corrected chi connectivity index (χ1v) is 6.84. The van der Waals surface area contributed by atoms with E-state index in [4.69, 9.17) is 4.78 Å². The smallest absolute Gasteiger partial charge is 0.135 e. The predicted octanol–water partition coefficient (Wildman–Crippen LogP) is 2.71. The molecule has 1 heterocycles. The molecule has 0 amide bonds. The van der Waals surface area contributed by atoms with Crippen molar-refractivity contribution in [1.82, 2.24) is 4.98 Å². The first kappa shape index (κ1) is 12.2. The van der Waals surface area contributed by atoms with Crippen LogP contribution in [0.1, 0.15) is 26.3 Å². The van der Waals surface area contributed by atoms with Crippen LogP contribution in [0, 0.1) is 10.2 Å². The molecular weight excluding hydrogens is 208 g/mol. The summed E-state index contributed by atoms with van der Waals surface area (Å²) in [6.07, 6.45) is 4.04. The Morgan fingerprint density at radius 1 is 1.40 bits per heavy atom. The molecule has 0 aliphatic carbocycles.